The van der Waals surface area contributed by atoms with Gasteiger partial charge >= 0.3 is 0 Å². The van der Waals surface area contributed by atoms with E-state index in [1.807, 2.05) is 30.3 Å². The van der Waals surface area contributed by atoms with Gasteiger partial charge in [0.05, 0.1) is 12.1 Å². The maximum Gasteiger partial charge on any atom is 0.240 e. The van der Waals surface area contributed by atoms with E-state index in [0.717, 1.165) is 38.0 Å². The van der Waals surface area contributed by atoms with Crippen LogP contribution in [0.5, 0.6) is 5.75 Å². The summed E-state index contributed by atoms with van der Waals surface area (Å²) in [5, 5.41) is 6.37. The van der Waals surface area contributed by atoms with Crippen molar-refractivity contribution in [3.05, 3.63) is 30.3 Å². The predicted octanol–water partition coefficient (Wildman–Crippen LogP) is 2.10. The van der Waals surface area contributed by atoms with E-state index in [0.29, 0.717) is 13.2 Å². The van der Waals surface area contributed by atoms with E-state index < -0.39 is 0 Å². The van der Waals surface area contributed by atoms with Gasteiger partial charge in [-0.15, -0.1) is 0 Å². The smallest absolute Gasteiger partial charge is 0.240 e. The zero-order valence-electron chi connectivity index (χ0n) is 12.2. The molecule has 1 saturated heterocycles. The molecule has 4 nitrogen and oxygen atoms in total. The van der Waals surface area contributed by atoms with Crippen molar-refractivity contribution < 1.29 is 9.53 Å². The Bertz CT molecular complexity index is 414. The van der Waals surface area contributed by atoms with Gasteiger partial charge < -0.3 is 15.4 Å². The van der Waals surface area contributed by atoms with Gasteiger partial charge in [-0.1, -0.05) is 31.5 Å². The third kappa shape index (κ3) is 3.73. The molecular formula is C16H24N2O2. The predicted molar refractivity (Wildman–Crippen MR) is 79.8 cm³/mol. The average molecular weight is 276 g/mol. The topological polar surface area (TPSA) is 50.4 Å². The number of benzene rings is 1. The second kappa shape index (κ2) is 7.29. The molecule has 20 heavy (non-hydrogen) atoms. The zero-order valence-corrected chi connectivity index (χ0v) is 12.2. The zero-order chi connectivity index (χ0) is 14.3. The molecule has 2 N–H and O–H groups in total. The minimum Gasteiger partial charge on any atom is -0.492 e. The first-order valence-corrected chi connectivity index (χ1v) is 7.48. The second-order valence-electron chi connectivity index (χ2n) is 5.28. The van der Waals surface area contributed by atoms with Gasteiger partial charge in [0.15, 0.2) is 0 Å². The SMILES string of the molecule is CCCC1(C(=O)NCCOc2ccccc2)CCCN1. The highest BCUT2D eigenvalue weighted by Crippen LogP contribution is 2.24. The van der Waals surface area contributed by atoms with Crippen molar-refractivity contribution in [2.75, 3.05) is 19.7 Å². The molecule has 0 bridgehead atoms. The molecule has 1 heterocycles. The summed E-state index contributed by atoms with van der Waals surface area (Å²) in [7, 11) is 0. The van der Waals surface area contributed by atoms with Gasteiger partial charge in [-0.05, 0) is 37.9 Å². The highest BCUT2D eigenvalue weighted by molar-refractivity contribution is 5.86. The quantitative estimate of drug-likeness (QED) is 0.750. The lowest BCUT2D eigenvalue weighted by Gasteiger charge is -2.27. The first-order chi connectivity index (χ1) is 9.77. The van der Waals surface area contributed by atoms with Crippen molar-refractivity contribution in [3.63, 3.8) is 0 Å². The van der Waals surface area contributed by atoms with E-state index in [1.165, 1.54) is 0 Å². The van der Waals surface area contributed by atoms with E-state index in [4.69, 9.17) is 4.74 Å². The highest BCUT2D eigenvalue weighted by atomic mass is 16.5. The van der Waals surface area contributed by atoms with Crippen LogP contribution in [0.2, 0.25) is 0 Å². The molecule has 1 aromatic rings. The second-order valence-corrected chi connectivity index (χ2v) is 5.28. The van der Waals surface area contributed by atoms with Crippen molar-refractivity contribution in [1.29, 1.82) is 0 Å². The Morgan fingerprint density at radius 1 is 1.40 bits per heavy atom. The van der Waals surface area contributed by atoms with Crippen LogP contribution in [0.4, 0.5) is 0 Å². The molecule has 4 heteroatoms. The summed E-state index contributed by atoms with van der Waals surface area (Å²) in [4.78, 5) is 12.3. The van der Waals surface area contributed by atoms with E-state index >= 15 is 0 Å². The van der Waals surface area contributed by atoms with Crippen LogP contribution in [0.1, 0.15) is 32.6 Å². The van der Waals surface area contributed by atoms with Crippen LogP contribution in [-0.4, -0.2) is 31.1 Å². The summed E-state index contributed by atoms with van der Waals surface area (Å²) in [5.41, 5.74) is -0.346. The van der Waals surface area contributed by atoms with Crippen molar-refractivity contribution in [2.24, 2.45) is 0 Å². The summed E-state index contributed by atoms with van der Waals surface area (Å²) < 4.78 is 5.58. The summed E-state index contributed by atoms with van der Waals surface area (Å²) in [6, 6.07) is 9.66. The lowest BCUT2D eigenvalue weighted by atomic mass is 9.91. The summed E-state index contributed by atoms with van der Waals surface area (Å²) in [6.45, 7) is 4.10. The number of hydrogen-bond donors (Lipinski definition) is 2. The molecule has 1 unspecified atom stereocenters. The van der Waals surface area contributed by atoms with Crippen LogP contribution in [-0.2, 0) is 4.79 Å². The molecule has 1 atom stereocenters. The fourth-order valence-corrected chi connectivity index (χ4v) is 2.77. The number of carbonyl (C=O) groups excluding carboxylic acids is 1. The number of nitrogens with one attached hydrogen (secondary N) is 2. The maximum absolute atomic E-state index is 12.3. The molecular weight excluding hydrogens is 252 g/mol. The van der Waals surface area contributed by atoms with Crippen LogP contribution >= 0.6 is 0 Å². The van der Waals surface area contributed by atoms with Gasteiger partial charge in [0.2, 0.25) is 5.91 Å². The molecule has 110 valence electrons. The van der Waals surface area contributed by atoms with Crippen LogP contribution < -0.4 is 15.4 Å². The fourth-order valence-electron chi connectivity index (χ4n) is 2.77. The number of rotatable bonds is 7. The lowest BCUT2D eigenvalue weighted by molar-refractivity contribution is -0.127. The molecule has 1 amide bonds. The van der Waals surface area contributed by atoms with Crippen molar-refractivity contribution in [2.45, 2.75) is 38.1 Å². The van der Waals surface area contributed by atoms with Gasteiger partial charge in [0.25, 0.3) is 0 Å². The maximum atomic E-state index is 12.3. The molecule has 0 saturated carbocycles. The average Bonchev–Trinajstić information content (AvgIpc) is 2.95. The molecule has 1 aliphatic rings. The molecule has 0 aliphatic carbocycles. The van der Waals surface area contributed by atoms with Crippen molar-refractivity contribution >= 4 is 5.91 Å². The third-order valence-electron chi connectivity index (χ3n) is 3.75. The van der Waals surface area contributed by atoms with Gasteiger partial charge in [-0.25, -0.2) is 0 Å². The number of carbonyl (C=O) groups is 1. The summed E-state index contributed by atoms with van der Waals surface area (Å²) >= 11 is 0. The minimum atomic E-state index is -0.346. The van der Waals surface area contributed by atoms with Crippen molar-refractivity contribution in [1.82, 2.24) is 10.6 Å². The Morgan fingerprint density at radius 3 is 2.85 bits per heavy atom. The molecule has 0 aromatic heterocycles. The highest BCUT2D eigenvalue weighted by Gasteiger charge is 2.39. The first kappa shape index (κ1) is 14.9. The molecule has 1 aliphatic heterocycles. The Labute approximate surface area is 120 Å². The van der Waals surface area contributed by atoms with Crippen LogP contribution in [0.3, 0.4) is 0 Å². The van der Waals surface area contributed by atoms with Crippen LogP contribution in [0.15, 0.2) is 30.3 Å². The van der Waals surface area contributed by atoms with Gasteiger partial charge in [0.1, 0.15) is 12.4 Å². The molecule has 0 spiro atoms. The number of hydrogen-bond acceptors (Lipinski definition) is 3. The van der Waals surface area contributed by atoms with Gasteiger partial charge in [-0.2, -0.15) is 0 Å². The Hall–Kier alpha value is -1.55. The lowest BCUT2D eigenvalue weighted by Crippen LogP contribution is -2.54. The third-order valence-corrected chi connectivity index (χ3v) is 3.75. The Kier molecular flexibility index (Phi) is 5.41. The monoisotopic (exact) mass is 276 g/mol. The molecule has 1 fully saturated rings. The van der Waals surface area contributed by atoms with E-state index in [-0.39, 0.29) is 11.4 Å². The van der Waals surface area contributed by atoms with Crippen LogP contribution in [0.25, 0.3) is 0 Å². The minimum absolute atomic E-state index is 0.119. The fraction of sp³-hybridized carbons (Fsp3) is 0.562. The van der Waals surface area contributed by atoms with E-state index in [2.05, 4.69) is 17.6 Å². The Morgan fingerprint density at radius 2 is 2.20 bits per heavy atom. The number of ether oxygens (including phenoxy) is 1. The van der Waals surface area contributed by atoms with Gasteiger partial charge in [0, 0.05) is 0 Å². The normalized spacial score (nSPS) is 21.6. The largest absolute Gasteiger partial charge is 0.492 e. The molecule has 1 aromatic carbocycles. The first-order valence-electron chi connectivity index (χ1n) is 7.48. The van der Waals surface area contributed by atoms with Crippen LogP contribution in [0, 0.1) is 0 Å². The Balaban J connectivity index is 1.74. The van der Waals surface area contributed by atoms with Crippen molar-refractivity contribution in [3.8, 4) is 5.75 Å². The number of amides is 1. The summed E-state index contributed by atoms with van der Waals surface area (Å²) in [5.74, 6) is 0.956. The molecule has 0 radical (unpaired) electrons. The standard InChI is InChI=1S/C16H24N2O2/c1-2-9-16(10-6-11-18-16)15(19)17-12-13-20-14-7-4-3-5-8-14/h3-5,7-8,18H,2,6,9-13H2,1H3,(H,17,19). The molecule has 2 rings (SSSR count). The van der Waals surface area contributed by atoms with E-state index in [1.54, 1.807) is 0 Å². The van der Waals surface area contributed by atoms with E-state index in [9.17, 15) is 4.79 Å². The number of para-hydroxylation sites is 1. The van der Waals surface area contributed by atoms with Gasteiger partial charge in [-0.3, -0.25) is 4.79 Å². The summed E-state index contributed by atoms with van der Waals surface area (Å²) in [6.07, 6.45) is 3.93.